The smallest absolute Gasteiger partial charge is 0.339 e. The predicted molar refractivity (Wildman–Crippen MR) is 98.8 cm³/mol. The summed E-state index contributed by atoms with van der Waals surface area (Å²) in [4.78, 5) is 56.3. The van der Waals surface area contributed by atoms with E-state index in [1.807, 2.05) is 5.32 Å². The Morgan fingerprint density at radius 3 is 2.59 bits per heavy atom. The summed E-state index contributed by atoms with van der Waals surface area (Å²) >= 11 is 1.06. The van der Waals surface area contributed by atoms with Gasteiger partial charge in [-0.3, -0.25) is 14.5 Å². The minimum absolute atomic E-state index is 0.125. The topological polar surface area (TPSA) is 214 Å². The van der Waals surface area contributed by atoms with E-state index in [9.17, 15) is 27.6 Å². The number of urea groups is 2. The Kier molecular flexibility index (Phi) is 6.54. The fraction of sp³-hybridized carbons (Fsp3) is 0.333. The number of carbonyl (C=O) groups is 4. The molecular formula is C12H16N8O7S2. The maximum atomic E-state index is 12.3. The third-order valence-corrected chi connectivity index (χ3v) is 4.89. The van der Waals surface area contributed by atoms with Gasteiger partial charge in [0.05, 0.1) is 6.54 Å². The number of nitrogen functional groups attached to an aromatic ring is 1. The van der Waals surface area contributed by atoms with Crippen molar-refractivity contribution in [1.29, 1.82) is 0 Å². The normalized spacial score (nSPS) is 16.5. The highest BCUT2D eigenvalue weighted by Gasteiger charge is 2.43. The number of rotatable bonds is 6. The van der Waals surface area contributed by atoms with E-state index in [-0.39, 0.29) is 23.1 Å². The molecule has 0 aliphatic carbocycles. The molecule has 2 heterocycles. The molecule has 2 rings (SSSR count). The summed E-state index contributed by atoms with van der Waals surface area (Å²) in [7, 11) is -2.16. The van der Waals surface area contributed by atoms with E-state index < -0.39 is 40.1 Å². The number of hydrogen-bond donors (Lipinski definition) is 5. The van der Waals surface area contributed by atoms with Crippen molar-refractivity contribution in [2.75, 3.05) is 26.4 Å². The number of likely N-dealkylation sites (tertiary alicyclic amines) is 1. The minimum atomic E-state index is -4.53. The first kappa shape index (κ1) is 21.8. The predicted octanol–water partition coefficient (Wildman–Crippen LogP) is -2.71. The van der Waals surface area contributed by atoms with Crippen molar-refractivity contribution in [1.82, 2.24) is 30.0 Å². The summed E-state index contributed by atoms with van der Waals surface area (Å²) in [6, 6.07) is -3.49. The van der Waals surface area contributed by atoms with Crippen LogP contribution in [0.3, 0.4) is 0 Å². The highest BCUT2D eigenvalue weighted by atomic mass is 32.2. The molecule has 6 N–H and O–H groups in total. The van der Waals surface area contributed by atoms with Crippen molar-refractivity contribution >= 4 is 56.3 Å². The number of imide groups is 1. The summed E-state index contributed by atoms with van der Waals surface area (Å²) in [5, 5.41) is 9.49. The maximum Gasteiger partial charge on any atom is 0.339 e. The quantitative estimate of drug-likeness (QED) is 0.173. The second kappa shape index (κ2) is 8.69. The number of carbonyl (C=O) groups excluding carboxylic acids is 4. The van der Waals surface area contributed by atoms with E-state index in [0.717, 1.165) is 11.3 Å². The molecule has 1 atom stereocenters. The van der Waals surface area contributed by atoms with Gasteiger partial charge >= 0.3 is 22.3 Å². The molecule has 17 heteroatoms. The van der Waals surface area contributed by atoms with Crippen LogP contribution in [-0.2, 0) is 24.6 Å². The van der Waals surface area contributed by atoms with E-state index in [2.05, 4.69) is 20.3 Å². The monoisotopic (exact) mass is 448 g/mol. The Morgan fingerprint density at radius 1 is 1.38 bits per heavy atom. The fourth-order valence-corrected chi connectivity index (χ4v) is 3.29. The van der Waals surface area contributed by atoms with Gasteiger partial charge in [-0.15, -0.1) is 11.3 Å². The highest BCUT2D eigenvalue weighted by molar-refractivity contribution is 7.88. The molecule has 0 aromatic carbocycles. The molecule has 6 amide bonds. The van der Waals surface area contributed by atoms with Crippen molar-refractivity contribution in [3.05, 3.63) is 11.1 Å². The van der Waals surface area contributed by atoms with E-state index in [1.165, 1.54) is 29.0 Å². The molecule has 0 spiro atoms. The number of aromatic nitrogens is 1. The lowest BCUT2D eigenvalue weighted by Gasteiger charge is -2.36. The number of β-lactam (4-membered cyclic amide) rings is 1. The SMILES string of the molecule is CNC(=O)NS(=O)(=O)NC(=O)N1C[C@H](NC(=O)C(=NOC)c2csc(N)n2)C1=O. The number of hydrogen-bond acceptors (Lipinski definition) is 11. The minimum Gasteiger partial charge on any atom is -0.398 e. The van der Waals surface area contributed by atoms with E-state index in [1.54, 1.807) is 0 Å². The molecule has 1 saturated heterocycles. The molecule has 0 radical (unpaired) electrons. The second-order valence-corrected chi connectivity index (χ2v) is 7.56. The highest BCUT2D eigenvalue weighted by Crippen LogP contribution is 2.14. The zero-order valence-corrected chi connectivity index (χ0v) is 16.6. The van der Waals surface area contributed by atoms with Gasteiger partial charge in [0.15, 0.2) is 10.8 Å². The van der Waals surface area contributed by atoms with Gasteiger partial charge in [0, 0.05) is 12.4 Å². The lowest BCUT2D eigenvalue weighted by atomic mass is 10.1. The number of anilines is 1. The summed E-state index contributed by atoms with van der Waals surface area (Å²) < 4.78 is 26.1. The number of nitrogens with zero attached hydrogens (tertiary/aromatic N) is 3. The number of oxime groups is 1. The number of amides is 6. The number of thiazole rings is 1. The summed E-state index contributed by atoms with van der Waals surface area (Å²) in [5.74, 6) is -1.69. The third kappa shape index (κ3) is 5.29. The maximum absolute atomic E-state index is 12.3. The van der Waals surface area contributed by atoms with E-state index in [0.29, 0.717) is 4.90 Å². The third-order valence-electron chi connectivity index (χ3n) is 3.32. The average Bonchev–Trinajstić information content (AvgIpc) is 3.06. The molecule has 0 bridgehead atoms. The first-order valence-corrected chi connectivity index (χ1v) is 9.95. The Morgan fingerprint density at radius 2 is 2.07 bits per heavy atom. The fourth-order valence-electron chi connectivity index (χ4n) is 2.00. The lowest BCUT2D eigenvalue weighted by Crippen LogP contribution is -2.68. The Balaban J connectivity index is 1.96. The van der Waals surface area contributed by atoms with Crippen LogP contribution in [0.25, 0.3) is 0 Å². The summed E-state index contributed by atoms with van der Waals surface area (Å²) in [5.41, 5.74) is 5.39. The van der Waals surface area contributed by atoms with Crippen LogP contribution in [0.2, 0.25) is 0 Å². The zero-order valence-electron chi connectivity index (χ0n) is 15.0. The number of nitrogens with one attached hydrogen (secondary N) is 4. The van der Waals surface area contributed by atoms with Crippen molar-refractivity contribution in [3.63, 3.8) is 0 Å². The first-order chi connectivity index (χ1) is 13.6. The second-order valence-electron chi connectivity index (χ2n) is 5.26. The molecule has 1 aliphatic rings. The lowest BCUT2D eigenvalue weighted by molar-refractivity contribution is -0.141. The van der Waals surface area contributed by atoms with Crippen LogP contribution in [0.4, 0.5) is 14.7 Å². The van der Waals surface area contributed by atoms with Crippen molar-refractivity contribution in [3.8, 4) is 0 Å². The Hall–Kier alpha value is -3.47. The molecule has 158 valence electrons. The molecule has 1 fully saturated rings. The van der Waals surface area contributed by atoms with Crippen LogP contribution >= 0.6 is 11.3 Å². The van der Waals surface area contributed by atoms with Gasteiger partial charge in [-0.2, -0.15) is 8.42 Å². The Labute approximate surface area is 167 Å². The Bertz CT molecular complexity index is 973. The first-order valence-electron chi connectivity index (χ1n) is 7.59. The summed E-state index contributed by atoms with van der Waals surface area (Å²) in [6.07, 6.45) is 0. The van der Waals surface area contributed by atoms with Crippen molar-refractivity contribution in [2.24, 2.45) is 5.16 Å². The van der Waals surface area contributed by atoms with Crippen molar-refractivity contribution in [2.45, 2.75) is 6.04 Å². The molecule has 1 aromatic rings. The van der Waals surface area contributed by atoms with Crippen LogP contribution in [-0.4, -0.2) is 74.6 Å². The molecule has 1 aromatic heterocycles. The van der Waals surface area contributed by atoms with E-state index in [4.69, 9.17) is 5.73 Å². The summed E-state index contributed by atoms with van der Waals surface area (Å²) in [6.45, 7) is -0.314. The van der Waals surface area contributed by atoms with Gasteiger partial charge in [-0.1, -0.05) is 5.16 Å². The largest absolute Gasteiger partial charge is 0.398 e. The van der Waals surface area contributed by atoms with Crippen LogP contribution < -0.4 is 25.8 Å². The van der Waals surface area contributed by atoms with Crippen LogP contribution in [0, 0.1) is 0 Å². The standard InChI is InChI=1S/C12H16N8O7S2/c1-14-11(23)18-29(25,26)19-12(24)20-3-5(9(20)22)15-8(21)7(17-27-2)6-4-28-10(13)16-6/h4-5H,3H2,1-2H3,(H2,13,16)(H,15,21)(H,19,24)(H2,14,18,23)/t5-/m0/s1. The van der Waals surface area contributed by atoms with Gasteiger partial charge in [0.2, 0.25) is 0 Å². The molecule has 29 heavy (non-hydrogen) atoms. The van der Waals surface area contributed by atoms with Gasteiger partial charge in [0.1, 0.15) is 18.8 Å². The van der Waals surface area contributed by atoms with Crippen LogP contribution in [0.15, 0.2) is 10.5 Å². The number of nitrogens with two attached hydrogens (primary N) is 1. The molecular weight excluding hydrogens is 432 g/mol. The van der Waals surface area contributed by atoms with Gasteiger partial charge in [-0.25, -0.2) is 24.0 Å². The molecule has 0 saturated carbocycles. The van der Waals surface area contributed by atoms with E-state index >= 15 is 0 Å². The van der Waals surface area contributed by atoms with Crippen LogP contribution in [0.5, 0.6) is 0 Å². The van der Waals surface area contributed by atoms with Crippen molar-refractivity contribution < 1.29 is 32.4 Å². The van der Waals surface area contributed by atoms with Crippen LogP contribution in [0.1, 0.15) is 5.69 Å². The molecule has 0 unspecified atom stereocenters. The zero-order chi connectivity index (χ0) is 21.8. The molecule has 1 aliphatic heterocycles. The average molecular weight is 448 g/mol. The molecule has 15 nitrogen and oxygen atoms in total. The van der Waals surface area contributed by atoms with Gasteiger partial charge in [0.25, 0.3) is 11.8 Å². The van der Waals surface area contributed by atoms with Gasteiger partial charge in [-0.05, 0) is 0 Å². The van der Waals surface area contributed by atoms with Gasteiger partial charge < -0.3 is 21.2 Å².